The molecular weight excluding hydrogens is 392 g/mol. The van der Waals surface area contributed by atoms with E-state index in [0.29, 0.717) is 25.6 Å². The van der Waals surface area contributed by atoms with Gasteiger partial charge in [-0.05, 0) is 42.7 Å². The van der Waals surface area contributed by atoms with Crippen molar-refractivity contribution < 1.29 is 14.4 Å². The quantitative estimate of drug-likeness (QED) is 0.596. The summed E-state index contributed by atoms with van der Waals surface area (Å²) >= 11 is 0. The number of likely N-dealkylation sites (tertiary alicyclic amines) is 1. The molecule has 0 spiro atoms. The number of carbonyl (C=O) groups excluding carboxylic acids is 1. The molecule has 0 radical (unpaired) electrons. The highest BCUT2D eigenvalue weighted by Crippen LogP contribution is 2.27. The number of carbonyl (C=O) groups is 1. The topological polar surface area (TPSA) is 68.1 Å². The van der Waals surface area contributed by atoms with Gasteiger partial charge in [0.1, 0.15) is 17.5 Å². The van der Waals surface area contributed by atoms with Crippen molar-refractivity contribution >= 4 is 11.7 Å². The number of aromatic nitrogens is 2. The molecule has 1 aliphatic rings. The van der Waals surface area contributed by atoms with Gasteiger partial charge in [0.25, 0.3) is 0 Å². The summed E-state index contributed by atoms with van der Waals surface area (Å²) < 4.78 is 8.26. The van der Waals surface area contributed by atoms with Crippen molar-refractivity contribution in [2.24, 2.45) is 5.92 Å². The first-order chi connectivity index (χ1) is 15.0. The van der Waals surface area contributed by atoms with Gasteiger partial charge in [-0.1, -0.05) is 26.0 Å². The molecule has 1 N–H and O–H groups in total. The third kappa shape index (κ3) is 4.99. The Bertz CT molecular complexity index is 1020. The van der Waals surface area contributed by atoms with Crippen LogP contribution in [-0.2, 0) is 4.84 Å². The van der Waals surface area contributed by atoms with Crippen molar-refractivity contribution in [3.8, 4) is 16.9 Å². The number of aryl methyl sites for hydroxylation is 1. The van der Waals surface area contributed by atoms with Crippen molar-refractivity contribution in [2.45, 2.75) is 39.7 Å². The molecule has 3 heterocycles. The highest BCUT2D eigenvalue weighted by molar-refractivity contribution is 5.73. The second-order valence-corrected chi connectivity index (χ2v) is 8.43. The van der Waals surface area contributed by atoms with Gasteiger partial charge in [0.15, 0.2) is 0 Å². The Kier molecular flexibility index (Phi) is 6.42. The zero-order valence-electron chi connectivity index (χ0n) is 18.4. The van der Waals surface area contributed by atoms with Crippen molar-refractivity contribution in [3.05, 3.63) is 54.5 Å². The Morgan fingerprint density at radius 1 is 1.16 bits per heavy atom. The van der Waals surface area contributed by atoms with Crippen LogP contribution in [0, 0.1) is 12.8 Å². The largest absolute Gasteiger partial charge is 0.490 e. The van der Waals surface area contributed by atoms with Crippen LogP contribution in [0.5, 0.6) is 5.75 Å². The molecule has 0 unspecified atom stereocenters. The van der Waals surface area contributed by atoms with Crippen molar-refractivity contribution in [1.82, 2.24) is 19.8 Å². The minimum absolute atomic E-state index is 0.107. The highest BCUT2D eigenvalue weighted by Gasteiger charge is 2.24. The fraction of sp³-hybridized carbons (Fsp3) is 0.417. The SMILES string of the molecule is Cc1c(-c2ccc(OC3CCN(C(=O)NOCC(C)C)CC3)cc2)ccc2nccn12. The molecule has 0 bridgehead atoms. The summed E-state index contributed by atoms with van der Waals surface area (Å²) in [5.41, 5.74) is 6.96. The van der Waals surface area contributed by atoms with E-state index in [2.05, 4.69) is 40.0 Å². The molecule has 31 heavy (non-hydrogen) atoms. The van der Waals surface area contributed by atoms with E-state index in [-0.39, 0.29) is 12.1 Å². The first kappa shape index (κ1) is 21.2. The van der Waals surface area contributed by atoms with Crippen LogP contribution in [0.1, 0.15) is 32.4 Å². The number of urea groups is 1. The molecule has 164 valence electrons. The molecule has 3 aromatic rings. The van der Waals surface area contributed by atoms with Crippen LogP contribution in [0.25, 0.3) is 16.8 Å². The molecule has 0 atom stereocenters. The van der Waals surface area contributed by atoms with Gasteiger partial charge >= 0.3 is 6.03 Å². The average molecular weight is 423 g/mol. The molecule has 0 saturated carbocycles. The molecule has 2 aromatic heterocycles. The third-order valence-electron chi connectivity index (χ3n) is 5.59. The molecule has 1 saturated heterocycles. The van der Waals surface area contributed by atoms with Gasteiger partial charge in [0.2, 0.25) is 0 Å². The van der Waals surface area contributed by atoms with E-state index < -0.39 is 0 Å². The average Bonchev–Trinajstić information content (AvgIpc) is 3.25. The molecule has 1 aromatic carbocycles. The van der Waals surface area contributed by atoms with Crippen LogP contribution in [0.2, 0.25) is 0 Å². The molecule has 1 aliphatic heterocycles. The van der Waals surface area contributed by atoms with E-state index >= 15 is 0 Å². The lowest BCUT2D eigenvalue weighted by atomic mass is 10.0. The monoisotopic (exact) mass is 422 g/mol. The van der Waals surface area contributed by atoms with E-state index in [1.54, 1.807) is 4.90 Å². The van der Waals surface area contributed by atoms with Gasteiger partial charge in [-0.15, -0.1) is 0 Å². The molecule has 7 heteroatoms. The summed E-state index contributed by atoms with van der Waals surface area (Å²) in [7, 11) is 0. The van der Waals surface area contributed by atoms with Crippen LogP contribution >= 0.6 is 0 Å². The summed E-state index contributed by atoms with van der Waals surface area (Å²) in [4.78, 5) is 23.5. The summed E-state index contributed by atoms with van der Waals surface area (Å²) in [6.45, 7) is 8.01. The fourth-order valence-electron chi connectivity index (χ4n) is 3.85. The van der Waals surface area contributed by atoms with E-state index in [0.717, 1.165) is 35.5 Å². The van der Waals surface area contributed by atoms with Crippen LogP contribution < -0.4 is 10.2 Å². The number of benzene rings is 1. The number of rotatable bonds is 6. The molecule has 4 rings (SSSR count). The smallest absolute Gasteiger partial charge is 0.341 e. The minimum Gasteiger partial charge on any atom is -0.490 e. The van der Waals surface area contributed by atoms with E-state index in [1.165, 1.54) is 5.56 Å². The lowest BCUT2D eigenvalue weighted by Gasteiger charge is -2.32. The second kappa shape index (κ2) is 9.39. The Morgan fingerprint density at radius 3 is 2.61 bits per heavy atom. The number of pyridine rings is 1. The number of nitrogens with one attached hydrogen (secondary N) is 1. The lowest BCUT2D eigenvalue weighted by molar-refractivity contribution is 0.0256. The van der Waals surface area contributed by atoms with E-state index in [4.69, 9.17) is 9.57 Å². The van der Waals surface area contributed by atoms with Gasteiger partial charge in [0, 0.05) is 49.6 Å². The predicted octanol–water partition coefficient (Wildman–Crippen LogP) is 4.45. The normalized spacial score (nSPS) is 14.9. The van der Waals surface area contributed by atoms with Crippen molar-refractivity contribution in [1.29, 1.82) is 0 Å². The van der Waals surface area contributed by atoms with Gasteiger partial charge in [-0.2, -0.15) is 0 Å². The van der Waals surface area contributed by atoms with Crippen LogP contribution in [0.4, 0.5) is 4.79 Å². The number of hydroxylamine groups is 1. The Hall–Kier alpha value is -3.06. The number of hydrogen-bond donors (Lipinski definition) is 1. The third-order valence-corrected chi connectivity index (χ3v) is 5.59. The summed E-state index contributed by atoms with van der Waals surface area (Å²) in [6.07, 6.45) is 5.51. The molecule has 1 fully saturated rings. The van der Waals surface area contributed by atoms with Gasteiger partial charge in [0.05, 0.1) is 6.61 Å². The number of imidazole rings is 1. The molecule has 0 aliphatic carbocycles. The minimum atomic E-state index is -0.173. The molecule has 7 nitrogen and oxygen atoms in total. The zero-order valence-corrected chi connectivity index (χ0v) is 18.4. The second-order valence-electron chi connectivity index (χ2n) is 8.43. The van der Waals surface area contributed by atoms with E-state index in [9.17, 15) is 4.79 Å². The number of fused-ring (bicyclic) bond motifs is 1. The summed E-state index contributed by atoms with van der Waals surface area (Å²) in [5, 5.41) is 0. The maximum atomic E-state index is 12.2. The maximum absolute atomic E-state index is 12.2. The Labute approximate surface area is 182 Å². The molecule has 2 amide bonds. The number of hydrogen-bond acceptors (Lipinski definition) is 4. The van der Waals surface area contributed by atoms with Crippen LogP contribution in [-0.4, -0.2) is 46.1 Å². The standard InChI is InChI=1S/C24H30N4O3/c1-17(2)16-30-26-24(29)27-13-10-21(11-14-27)31-20-6-4-19(5-7-20)22-8-9-23-25-12-15-28(23)18(22)3/h4-9,12,15,17,21H,10-11,13-14,16H2,1-3H3,(H,26,29). The predicted molar refractivity (Wildman–Crippen MR) is 120 cm³/mol. The Balaban J connectivity index is 1.31. The van der Waals surface area contributed by atoms with Crippen molar-refractivity contribution in [2.75, 3.05) is 19.7 Å². The van der Waals surface area contributed by atoms with Crippen LogP contribution in [0.15, 0.2) is 48.8 Å². The molecular formula is C24H30N4O3. The van der Waals surface area contributed by atoms with E-state index in [1.807, 2.05) is 44.4 Å². The van der Waals surface area contributed by atoms with Gasteiger partial charge in [-0.25, -0.2) is 15.3 Å². The first-order valence-electron chi connectivity index (χ1n) is 10.9. The van der Waals surface area contributed by atoms with Gasteiger partial charge < -0.3 is 14.0 Å². The highest BCUT2D eigenvalue weighted by atomic mass is 16.7. The fourth-order valence-corrected chi connectivity index (χ4v) is 3.85. The van der Waals surface area contributed by atoms with Crippen LogP contribution in [0.3, 0.4) is 0 Å². The summed E-state index contributed by atoms with van der Waals surface area (Å²) in [6, 6.07) is 12.2. The first-order valence-corrected chi connectivity index (χ1v) is 10.9. The zero-order chi connectivity index (χ0) is 21.8. The lowest BCUT2D eigenvalue weighted by Crippen LogP contribution is -2.46. The number of piperidine rings is 1. The van der Waals surface area contributed by atoms with Gasteiger partial charge in [-0.3, -0.25) is 4.84 Å². The number of nitrogens with zero attached hydrogens (tertiary/aromatic N) is 3. The number of ether oxygens (including phenoxy) is 1. The maximum Gasteiger partial charge on any atom is 0.341 e. The Morgan fingerprint density at radius 2 is 1.90 bits per heavy atom. The van der Waals surface area contributed by atoms with Crippen molar-refractivity contribution in [3.63, 3.8) is 0 Å². The number of amides is 2. The summed E-state index contributed by atoms with van der Waals surface area (Å²) in [5.74, 6) is 1.23.